The second-order valence-electron chi connectivity index (χ2n) is 6.88. The minimum atomic E-state index is -0.532. The molecule has 26 heavy (non-hydrogen) atoms. The van der Waals surface area contributed by atoms with Crippen LogP contribution in [0.15, 0.2) is 24.3 Å². The highest BCUT2D eigenvalue weighted by atomic mass is 35.5. The molecule has 8 nitrogen and oxygen atoms in total. The molecule has 2 N–H and O–H groups in total. The summed E-state index contributed by atoms with van der Waals surface area (Å²) in [7, 11) is 0. The van der Waals surface area contributed by atoms with Gasteiger partial charge in [0, 0.05) is 9.77 Å². The lowest BCUT2D eigenvalue weighted by Gasteiger charge is -2.44. The van der Waals surface area contributed by atoms with Crippen LogP contribution >= 0.6 is 23.4 Å². The van der Waals surface area contributed by atoms with Gasteiger partial charge in [0.1, 0.15) is 17.5 Å². The Labute approximate surface area is 159 Å². The number of carbonyl (C=O) groups excluding carboxylic acids is 2. The number of carbonyl (C=O) groups is 2. The number of halogens is 1. The van der Waals surface area contributed by atoms with Crippen molar-refractivity contribution >= 4 is 35.2 Å². The maximum absolute atomic E-state index is 12.7. The van der Waals surface area contributed by atoms with Gasteiger partial charge in [-0.1, -0.05) is 28.9 Å². The first-order valence-electron chi connectivity index (χ1n) is 8.14. The van der Waals surface area contributed by atoms with Crippen LogP contribution in [0.3, 0.4) is 0 Å². The summed E-state index contributed by atoms with van der Waals surface area (Å²) in [5.41, 5.74) is 0.847. The molecular formula is C16H17ClN6O2S. The fourth-order valence-corrected chi connectivity index (χ4v) is 5.22. The predicted octanol–water partition coefficient (Wildman–Crippen LogP) is 1.32. The van der Waals surface area contributed by atoms with Crippen molar-refractivity contribution in [3.63, 3.8) is 0 Å². The first kappa shape index (κ1) is 17.3. The Bertz CT molecular complexity index is 841. The zero-order valence-corrected chi connectivity index (χ0v) is 15.7. The molecule has 4 rings (SSSR count). The lowest BCUT2D eigenvalue weighted by molar-refractivity contribution is -0.151. The summed E-state index contributed by atoms with van der Waals surface area (Å²) in [6, 6.07) is 6.29. The molecule has 1 aromatic heterocycles. The number of hydrogen-bond acceptors (Lipinski definition) is 6. The third-order valence-electron chi connectivity index (χ3n) is 4.64. The molecule has 10 heteroatoms. The van der Waals surface area contributed by atoms with Crippen LogP contribution in [0.25, 0.3) is 0 Å². The molecule has 2 saturated heterocycles. The summed E-state index contributed by atoms with van der Waals surface area (Å²) < 4.78 is -0.278. The number of hydrogen-bond donors (Lipinski definition) is 2. The molecule has 3 unspecified atom stereocenters. The lowest BCUT2D eigenvalue weighted by atomic mass is 9.95. The van der Waals surface area contributed by atoms with E-state index in [9.17, 15) is 9.59 Å². The van der Waals surface area contributed by atoms with Gasteiger partial charge in [0.15, 0.2) is 5.82 Å². The Morgan fingerprint density at radius 3 is 2.77 bits per heavy atom. The van der Waals surface area contributed by atoms with E-state index in [0.717, 1.165) is 5.56 Å². The number of amides is 2. The number of fused-ring (bicyclic) bond motifs is 1. The second-order valence-corrected chi connectivity index (χ2v) is 9.09. The summed E-state index contributed by atoms with van der Waals surface area (Å²) in [5, 5.41) is 17.5. The maximum atomic E-state index is 12.7. The van der Waals surface area contributed by atoms with E-state index in [0.29, 0.717) is 10.8 Å². The third kappa shape index (κ3) is 2.84. The molecule has 3 atom stereocenters. The summed E-state index contributed by atoms with van der Waals surface area (Å²) in [6.45, 7) is 4.08. The fraction of sp³-hybridized carbons (Fsp3) is 0.438. The average Bonchev–Trinajstić information content (AvgIpc) is 3.19. The third-order valence-corrected chi connectivity index (χ3v) is 6.47. The van der Waals surface area contributed by atoms with Gasteiger partial charge in [-0.05, 0) is 31.5 Å². The van der Waals surface area contributed by atoms with E-state index in [1.807, 2.05) is 13.8 Å². The van der Waals surface area contributed by atoms with Crippen LogP contribution in [0.4, 0.5) is 0 Å². The van der Waals surface area contributed by atoms with Crippen LogP contribution in [0.1, 0.15) is 31.3 Å². The van der Waals surface area contributed by atoms with E-state index in [2.05, 4.69) is 25.9 Å². The second kappa shape index (κ2) is 6.24. The monoisotopic (exact) mass is 392 g/mol. The molecule has 2 amide bonds. The van der Waals surface area contributed by atoms with E-state index in [1.54, 1.807) is 40.9 Å². The Hall–Kier alpha value is -2.13. The zero-order valence-electron chi connectivity index (χ0n) is 14.1. The maximum Gasteiger partial charge on any atom is 0.249 e. The van der Waals surface area contributed by atoms with Gasteiger partial charge in [-0.3, -0.25) is 9.59 Å². The van der Waals surface area contributed by atoms with Crippen molar-refractivity contribution in [1.82, 2.24) is 30.8 Å². The summed E-state index contributed by atoms with van der Waals surface area (Å²) >= 11 is 7.49. The Morgan fingerprint density at radius 2 is 2.12 bits per heavy atom. The highest BCUT2D eigenvalue weighted by Gasteiger charge is 2.63. The molecular weight excluding hydrogens is 376 g/mol. The zero-order chi connectivity index (χ0) is 18.5. The molecule has 2 aliphatic heterocycles. The van der Waals surface area contributed by atoms with Gasteiger partial charge in [-0.2, -0.15) is 5.21 Å². The van der Waals surface area contributed by atoms with Gasteiger partial charge in [0.05, 0.1) is 6.42 Å². The number of H-pyrrole nitrogens is 1. The number of thioether (sulfide) groups is 1. The normalized spacial score (nSPS) is 26.3. The SMILES string of the molecule is CC1(C)SC2C(NC(=O)Cc3ccc(Cl)cc3)C(=O)N2C1c1nn[nH]n1. The highest BCUT2D eigenvalue weighted by Crippen LogP contribution is 2.56. The van der Waals surface area contributed by atoms with E-state index in [-0.39, 0.29) is 34.4 Å². The Kier molecular flexibility index (Phi) is 4.15. The fourth-order valence-electron chi connectivity index (χ4n) is 3.46. The average molecular weight is 393 g/mol. The van der Waals surface area contributed by atoms with Crippen molar-refractivity contribution in [3.8, 4) is 0 Å². The lowest BCUT2D eigenvalue weighted by Crippen LogP contribution is -2.68. The van der Waals surface area contributed by atoms with Gasteiger partial charge in [-0.15, -0.1) is 22.0 Å². The number of tetrazole rings is 1. The van der Waals surface area contributed by atoms with Crippen molar-refractivity contribution < 1.29 is 9.59 Å². The standard InChI is InChI=1S/C16H17ClN6O2S/c1-16(2)12(13-19-21-22-20-13)23-14(25)11(15(23)26-16)18-10(24)7-8-3-5-9(17)6-4-8/h3-6,11-12,15H,7H2,1-2H3,(H,18,24)(H,19,20,21,22). The summed E-state index contributed by atoms with van der Waals surface area (Å²) in [5.74, 6) is 0.184. The van der Waals surface area contributed by atoms with Crippen LogP contribution < -0.4 is 5.32 Å². The summed E-state index contributed by atoms with van der Waals surface area (Å²) in [6.07, 6.45) is 0.204. The van der Waals surface area contributed by atoms with Gasteiger partial charge < -0.3 is 10.2 Å². The molecule has 3 heterocycles. The largest absolute Gasteiger partial charge is 0.341 e. The Morgan fingerprint density at radius 1 is 1.38 bits per heavy atom. The summed E-state index contributed by atoms with van der Waals surface area (Å²) in [4.78, 5) is 26.7. The van der Waals surface area contributed by atoms with E-state index in [4.69, 9.17) is 11.6 Å². The first-order valence-corrected chi connectivity index (χ1v) is 9.40. The topological polar surface area (TPSA) is 104 Å². The van der Waals surface area contributed by atoms with Crippen molar-refractivity contribution in [1.29, 1.82) is 0 Å². The minimum absolute atomic E-state index is 0.118. The smallest absolute Gasteiger partial charge is 0.249 e. The first-order chi connectivity index (χ1) is 12.4. The molecule has 0 aliphatic carbocycles. The van der Waals surface area contributed by atoms with Crippen molar-refractivity contribution in [3.05, 3.63) is 40.7 Å². The van der Waals surface area contributed by atoms with Gasteiger partial charge in [-0.25, -0.2) is 0 Å². The van der Waals surface area contributed by atoms with E-state index >= 15 is 0 Å². The Balaban J connectivity index is 1.45. The molecule has 0 radical (unpaired) electrons. The number of nitrogens with one attached hydrogen (secondary N) is 2. The minimum Gasteiger partial charge on any atom is -0.341 e. The van der Waals surface area contributed by atoms with Gasteiger partial charge >= 0.3 is 0 Å². The highest BCUT2D eigenvalue weighted by molar-refractivity contribution is 8.01. The van der Waals surface area contributed by atoms with Crippen LogP contribution in [0.5, 0.6) is 0 Å². The van der Waals surface area contributed by atoms with Crippen LogP contribution in [-0.2, 0) is 16.0 Å². The van der Waals surface area contributed by atoms with Gasteiger partial charge in [0.25, 0.3) is 0 Å². The molecule has 0 saturated carbocycles. The number of β-lactam (4-membered cyclic amide) rings is 1. The van der Waals surface area contributed by atoms with Crippen LogP contribution in [-0.4, -0.2) is 53.5 Å². The van der Waals surface area contributed by atoms with Crippen molar-refractivity contribution in [2.45, 2.75) is 42.5 Å². The molecule has 2 aromatic rings. The molecule has 1 aromatic carbocycles. The molecule has 0 spiro atoms. The number of aromatic nitrogens is 4. The molecule has 0 bridgehead atoms. The van der Waals surface area contributed by atoms with Crippen LogP contribution in [0.2, 0.25) is 5.02 Å². The van der Waals surface area contributed by atoms with E-state index in [1.165, 1.54) is 0 Å². The molecule has 136 valence electrons. The van der Waals surface area contributed by atoms with E-state index < -0.39 is 6.04 Å². The molecule has 2 aliphatic rings. The number of aromatic amines is 1. The quantitative estimate of drug-likeness (QED) is 0.760. The predicted molar refractivity (Wildman–Crippen MR) is 96.3 cm³/mol. The number of rotatable bonds is 4. The number of nitrogens with zero attached hydrogens (tertiary/aromatic N) is 4. The van der Waals surface area contributed by atoms with Crippen molar-refractivity contribution in [2.24, 2.45) is 0 Å². The number of benzene rings is 1. The molecule has 2 fully saturated rings. The van der Waals surface area contributed by atoms with Gasteiger partial charge in [0.2, 0.25) is 11.8 Å². The van der Waals surface area contributed by atoms with Crippen molar-refractivity contribution in [2.75, 3.05) is 0 Å². The van der Waals surface area contributed by atoms with Crippen LogP contribution in [0, 0.1) is 0 Å².